The largest absolute Gasteiger partial charge is 0.488 e. The molecule has 0 aromatic heterocycles. The average molecular weight is 298 g/mol. The van der Waals surface area contributed by atoms with Gasteiger partial charge in [-0.15, -0.1) is 0 Å². The van der Waals surface area contributed by atoms with Crippen LogP contribution in [0, 0.1) is 5.41 Å². The molecule has 2 nitrogen and oxygen atoms in total. The minimum Gasteiger partial charge on any atom is -0.488 e. The summed E-state index contributed by atoms with van der Waals surface area (Å²) in [6.07, 6.45) is -0.606. The molecule has 1 rings (SSSR count). The van der Waals surface area contributed by atoms with Crippen molar-refractivity contribution in [2.75, 3.05) is 6.61 Å². The maximum atomic E-state index is 9.85. The van der Waals surface area contributed by atoms with Crippen LogP contribution in [0.4, 0.5) is 0 Å². The Hall–Kier alpha value is -0.150. The van der Waals surface area contributed by atoms with Crippen molar-refractivity contribution in [2.24, 2.45) is 5.41 Å². The fourth-order valence-corrected chi connectivity index (χ4v) is 2.01. The molecule has 0 aliphatic rings. The molecule has 0 saturated heterocycles. The number of ether oxygens (including phenoxy) is 1. The van der Waals surface area contributed by atoms with Gasteiger partial charge in [0.1, 0.15) is 6.61 Å². The van der Waals surface area contributed by atoms with Crippen LogP contribution in [-0.2, 0) is 0 Å². The number of aliphatic hydroxyl groups excluding tert-OH is 1. The van der Waals surface area contributed by atoms with Gasteiger partial charge in [-0.1, -0.05) is 55.6 Å². The molecule has 0 fully saturated rings. The van der Waals surface area contributed by atoms with E-state index in [9.17, 15) is 5.11 Å². The molecule has 1 aromatic rings. The Morgan fingerprint density at radius 1 is 1.18 bits per heavy atom. The molecule has 0 heterocycles. The van der Waals surface area contributed by atoms with Gasteiger partial charge in [-0.05, 0) is 17.5 Å². The van der Waals surface area contributed by atoms with E-state index in [0.29, 0.717) is 20.8 Å². The normalized spacial score (nSPS) is 13.6. The van der Waals surface area contributed by atoms with E-state index in [2.05, 4.69) is 0 Å². The SMILES string of the molecule is CC(C)(C)C(O)COc1c(Cl)cc(Cl)cc1Cl. The molecular formula is C12H15Cl3O2. The minimum absolute atomic E-state index is 0.130. The Kier molecular flexibility index (Phi) is 4.96. The molecular weight excluding hydrogens is 282 g/mol. The average Bonchev–Trinajstić information content (AvgIpc) is 2.13. The molecule has 96 valence electrons. The van der Waals surface area contributed by atoms with Crippen molar-refractivity contribution in [3.63, 3.8) is 0 Å². The molecule has 5 heteroatoms. The topological polar surface area (TPSA) is 29.5 Å². The lowest BCUT2D eigenvalue weighted by molar-refractivity contribution is 0.0219. The highest BCUT2D eigenvalue weighted by Gasteiger charge is 2.23. The number of aliphatic hydroxyl groups is 1. The number of hydrogen-bond donors (Lipinski definition) is 1. The third-order valence-corrected chi connectivity index (χ3v) is 3.13. The van der Waals surface area contributed by atoms with Crippen molar-refractivity contribution >= 4 is 34.8 Å². The van der Waals surface area contributed by atoms with E-state index in [1.807, 2.05) is 20.8 Å². The van der Waals surface area contributed by atoms with Gasteiger partial charge in [0, 0.05) is 5.02 Å². The molecule has 1 atom stereocenters. The number of rotatable bonds is 3. The zero-order valence-corrected chi connectivity index (χ0v) is 12.2. The van der Waals surface area contributed by atoms with Crippen LogP contribution in [0.1, 0.15) is 20.8 Å². The highest BCUT2D eigenvalue weighted by Crippen LogP contribution is 2.36. The van der Waals surface area contributed by atoms with E-state index < -0.39 is 6.10 Å². The predicted molar refractivity (Wildman–Crippen MR) is 72.4 cm³/mol. The number of benzene rings is 1. The summed E-state index contributed by atoms with van der Waals surface area (Å²) in [6.45, 7) is 5.90. The van der Waals surface area contributed by atoms with Gasteiger partial charge in [-0.3, -0.25) is 0 Å². The van der Waals surface area contributed by atoms with E-state index in [-0.39, 0.29) is 12.0 Å². The summed E-state index contributed by atoms with van der Waals surface area (Å²) in [4.78, 5) is 0. The summed E-state index contributed by atoms with van der Waals surface area (Å²) in [5.41, 5.74) is -0.259. The summed E-state index contributed by atoms with van der Waals surface area (Å²) in [5.74, 6) is 0.348. The Balaban J connectivity index is 2.77. The van der Waals surface area contributed by atoms with Crippen molar-refractivity contribution in [2.45, 2.75) is 26.9 Å². The van der Waals surface area contributed by atoms with Crippen molar-refractivity contribution in [3.8, 4) is 5.75 Å². The van der Waals surface area contributed by atoms with E-state index in [1.165, 1.54) is 0 Å². The maximum Gasteiger partial charge on any atom is 0.156 e. The molecule has 0 aliphatic heterocycles. The van der Waals surface area contributed by atoms with Gasteiger partial charge < -0.3 is 9.84 Å². The molecule has 1 unspecified atom stereocenters. The number of halogens is 3. The third kappa shape index (κ3) is 4.22. The van der Waals surface area contributed by atoms with Gasteiger partial charge >= 0.3 is 0 Å². The van der Waals surface area contributed by atoms with E-state index in [0.717, 1.165) is 0 Å². The Bertz CT molecular complexity index is 376. The standard InChI is InChI=1S/C12H15Cl3O2/c1-12(2,3)10(16)6-17-11-8(14)4-7(13)5-9(11)15/h4-5,10,16H,6H2,1-3H3. The van der Waals surface area contributed by atoms with Gasteiger partial charge in [-0.2, -0.15) is 0 Å². The minimum atomic E-state index is -0.606. The summed E-state index contributed by atoms with van der Waals surface area (Å²) >= 11 is 17.7. The quantitative estimate of drug-likeness (QED) is 0.894. The second kappa shape index (κ2) is 5.66. The predicted octanol–water partition coefficient (Wildman–Crippen LogP) is 4.43. The second-order valence-electron chi connectivity index (χ2n) is 4.89. The van der Waals surface area contributed by atoms with Crippen LogP contribution < -0.4 is 4.74 Å². The van der Waals surface area contributed by atoms with Crippen LogP contribution in [0.15, 0.2) is 12.1 Å². The Morgan fingerprint density at radius 3 is 2.06 bits per heavy atom. The zero-order chi connectivity index (χ0) is 13.2. The van der Waals surface area contributed by atoms with Crippen LogP contribution in [0.2, 0.25) is 15.1 Å². The highest BCUT2D eigenvalue weighted by molar-refractivity contribution is 6.40. The molecule has 0 saturated carbocycles. The summed E-state index contributed by atoms with van der Waals surface area (Å²) in [7, 11) is 0. The van der Waals surface area contributed by atoms with Crippen molar-refractivity contribution in [3.05, 3.63) is 27.2 Å². The molecule has 0 aliphatic carbocycles. The zero-order valence-electron chi connectivity index (χ0n) is 9.93. The lowest BCUT2D eigenvalue weighted by Gasteiger charge is -2.26. The number of hydrogen-bond acceptors (Lipinski definition) is 2. The van der Waals surface area contributed by atoms with Crippen LogP contribution in [-0.4, -0.2) is 17.8 Å². The first-order chi connectivity index (χ1) is 7.71. The lowest BCUT2D eigenvalue weighted by atomic mass is 9.90. The summed E-state index contributed by atoms with van der Waals surface area (Å²) in [6, 6.07) is 3.10. The third-order valence-electron chi connectivity index (χ3n) is 2.35. The fraction of sp³-hybridized carbons (Fsp3) is 0.500. The van der Waals surface area contributed by atoms with Gasteiger partial charge in [0.25, 0.3) is 0 Å². The van der Waals surface area contributed by atoms with Gasteiger partial charge in [0.2, 0.25) is 0 Å². The van der Waals surface area contributed by atoms with Crippen LogP contribution >= 0.6 is 34.8 Å². The lowest BCUT2D eigenvalue weighted by Crippen LogP contribution is -2.32. The Morgan fingerprint density at radius 2 is 1.65 bits per heavy atom. The molecule has 0 bridgehead atoms. The van der Waals surface area contributed by atoms with Gasteiger partial charge in [0.15, 0.2) is 5.75 Å². The van der Waals surface area contributed by atoms with Crippen molar-refractivity contribution in [1.29, 1.82) is 0 Å². The van der Waals surface area contributed by atoms with E-state index in [1.54, 1.807) is 12.1 Å². The summed E-state index contributed by atoms with van der Waals surface area (Å²) in [5, 5.41) is 11.0. The van der Waals surface area contributed by atoms with E-state index >= 15 is 0 Å². The molecule has 17 heavy (non-hydrogen) atoms. The van der Waals surface area contributed by atoms with Crippen LogP contribution in [0.25, 0.3) is 0 Å². The smallest absolute Gasteiger partial charge is 0.156 e. The molecule has 0 spiro atoms. The fourth-order valence-electron chi connectivity index (χ4n) is 1.08. The van der Waals surface area contributed by atoms with Crippen LogP contribution in [0.5, 0.6) is 5.75 Å². The van der Waals surface area contributed by atoms with Gasteiger partial charge in [0.05, 0.1) is 16.1 Å². The second-order valence-corrected chi connectivity index (χ2v) is 6.14. The van der Waals surface area contributed by atoms with Crippen molar-refractivity contribution in [1.82, 2.24) is 0 Å². The van der Waals surface area contributed by atoms with E-state index in [4.69, 9.17) is 39.5 Å². The maximum absolute atomic E-state index is 9.85. The first-order valence-electron chi connectivity index (χ1n) is 5.17. The van der Waals surface area contributed by atoms with Crippen LogP contribution in [0.3, 0.4) is 0 Å². The monoisotopic (exact) mass is 296 g/mol. The van der Waals surface area contributed by atoms with Gasteiger partial charge in [-0.25, -0.2) is 0 Å². The first kappa shape index (κ1) is 14.9. The highest BCUT2D eigenvalue weighted by atomic mass is 35.5. The molecule has 0 amide bonds. The summed E-state index contributed by atoms with van der Waals surface area (Å²) < 4.78 is 5.44. The van der Waals surface area contributed by atoms with Crippen molar-refractivity contribution < 1.29 is 9.84 Å². The molecule has 1 aromatic carbocycles. The molecule has 0 radical (unpaired) electrons. The molecule has 1 N–H and O–H groups in total. The Labute approximate surface area is 116 Å². The first-order valence-corrected chi connectivity index (χ1v) is 6.30.